The molecule has 1 aliphatic rings. The van der Waals surface area contributed by atoms with Crippen molar-refractivity contribution in [2.24, 2.45) is 0 Å². The number of hydrogen-bond donors (Lipinski definition) is 3. The van der Waals surface area contributed by atoms with E-state index in [1.54, 1.807) is 29.2 Å². The quantitative estimate of drug-likeness (QED) is 0.375. The van der Waals surface area contributed by atoms with E-state index in [1.807, 2.05) is 18.2 Å². The fourth-order valence-electron chi connectivity index (χ4n) is 3.99. The van der Waals surface area contributed by atoms with Crippen molar-refractivity contribution in [2.45, 2.75) is 35.8 Å². The van der Waals surface area contributed by atoms with E-state index in [9.17, 15) is 22.8 Å². The van der Waals surface area contributed by atoms with Gasteiger partial charge in [0, 0.05) is 26.4 Å². The van der Waals surface area contributed by atoms with E-state index in [1.165, 1.54) is 24.5 Å². The average Bonchev–Trinajstić information content (AvgIpc) is 2.80. The molecule has 0 saturated carbocycles. The summed E-state index contributed by atoms with van der Waals surface area (Å²) in [5.41, 5.74) is 1.52. The highest BCUT2D eigenvalue weighted by atomic mass is 32.2. The summed E-state index contributed by atoms with van der Waals surface area (Å²) < 4.78 is 31.6. The zero-order valence-electron chi connectivity index (χ0n) is 18.7. The van der Waals surface area contributed by atoms with Gasteiger partial charge < -0.3 is 4.74 Å². The summed E-state index contributed by atoms with van der Waals surface area (Å²) >= 11 is 0. The number of likely N-dealkylation sites (tertiary alicyclic amines) is 1. The number of imide groups is 1. The first-order chi connectivity index (χ1) is 16.1. The lowest BCUT2D eigenvalue weighted by Gasteiger charge is -2.40. The minimum atomic E-state index is -4.00. The fraction of sp³-hybridized carbons (Fsp3) is 0.348. The van der Waals surface area contributed by atoms with E-state index >= 15 is 0 Å². The zero-order chi connectivity index (χ0) is 24.8. The zero-order valence-corrected chi connectivity index (χ0v) is 19.5. The Labute approximate surface area is 197 Å². The summed E-state index contributed by atoms with van der Waals surface area (Å²) in [6.45, 7) is 1.61. The first-order valence-corrected chi connectivity index (χ1v) is 12.2. The summed E-state index contributed by atoms with van der Waals surface area (Å²) in [7, 11) is -4.00. The lowest BCUT2D eigenvalue weighted by molar-refractivity contribution is -0.132. The maximum Gasteiger partial charge on any atom is 0.244 e. The van der Waals surface area contributed by atoms with Crippen LogP contribution in [-0.2, 0) is 24.2 Å². The second-order valence-corrected chi connectivity index (χ2v) is 10.5. The Kier molecular flexibility index (Phi) is 8.02. The maximum atomic E-state index is 13.7. The lowest BCUT2D eigenvalue weighted by atomic mass is 9.92. The Bertz CT molecular complexity index is 1130. The van der Waals surface area contributed by atoms with Gasteiger partial charge in [-0.2, -0.15) is 0 Å². The largest absolute Gasteiger partial charge is 0.457 e. The number of benzene rings is 2. The number of hydrogen-bond acceptors (Lipinski definition) is 8. The molecule has 3 amide bonds. The van der Waals surface area contributed by atoms with Gasteiger partial charge in [0.05, 0.1) is 16.2 Å². The number of piperidine rings is 1. The second kappa shape index (κ2) is 10.8. The van der Waals surface area contributed by atoms with Crippen molar-refractivity contribution in [3.63, 3.8) is 0 Å². The number of carbonyl (C=O) groups excluding carboxylic acids is 3. The molecule has 0 radical (unpaired) electrons. The molecule has 0 aromatic heterocycles. The van der Waals surface area contributed by atoms with E-state index in [0.717, 1.165) is 0 Å². The number of ether oxygens (including phenoxy) is 1. The topological polar surface area (TPSA) is 142 Å². The van der Waals surface area contributed by atoms with Crippen LogP contribution in [0.1, 0.15) is 26.2 Å². The summed E-state index contributed by atoms with van der Waals surface area (Å²) in [6, 6.07) is 15.0. The van der Waals surface area contributed by atoms with Gasteiger partial charge in [-0.25, -0.2) is 13.9 Å². The second-order valence-electron chi connectivity index (χ2n) is 8.17. The molecule has 0 spiro atoms. The molecule has 1 aliphatic heterocycles. The fourth-order valence-corrected chi connectivity index (χ4v) is 6.03. The van der Waals surface area contributed by atoms with Crippen molar-refractivity contribution >= 4 is 27.6 Å². The number of para-hydroxylation sites is 1. The Morgan fingerprint density at radius 1 is 0.971 bits per heavy atom. The summed E-state index contributed by atoms with van der Waals surface area (Å²) in [4.78, 5) is 36.7. The molecule has 0 bridgehead atoms. The summed E-state index contributed by atoms with van der Waals surface area (Å²) in [5, 5.41) is 11.2. The van der Waals surface area contributed by atoms with Crippen molar-refractivity contribution in [2.75, 3.05) is 19.6 Å². The minimum Gasteiger partial charge on any atom is -0.457 e. The number of rotatable bonds is 8. The Morgan fingerprint density at radius 2 is 1.56 bits per heavy atom. The van der Waals surface area contributed by atoms with Gasteiger partial charge >= 0.3 is 0 Å². The molecule has 0 unspecified atom stereocenters. The van der Waals surface area contributed by atoms with Crippen molar-refractivity contribution in [1.82, 2.24) is 15.7 Å². The highest BCUT2D eigenvalue weighted by molar-refractivity contribution is 7.92. The van der Waals surface area contributed by atoms with Gasteiger partial charge in [0.1, 0.15) is 11.5 Å². The number of nitrogens with one attached hydrogen (secondary N) is 2. The Hall–Kier alpha value is -3.28. The molecular formula is C23H27N3O7S. The minimum absolute atomic E-state index is 0.0291. The highest BCUT2D eigenvalue weighted by Crippen LogP contribution is 2.39. The van der Waals surface area contributed by atoms with Crippen LogP contribution < -0.4 is 15.5 Å². The molecule has 1 fully saturated rings. The van der Waals surface area contributed by atoms with Crippen LogP contribution in [0.2, 0.25) is 0 Å². The summed E-state index contributed by atoms with van der Waals surface area (Å²) in [6.07, 6.45) is -0.293. The van der Waals surface area contributed by atoms with Crippen LogP contribution in [0.4, 0.5) is 0 Å². The molecule has 1 heterocycles. The smallest absolute Gasteiger partial charge is 0.244 e. The van der Waals surface area contributed by atoms with Crippen molar-refractivity contribution in [1.29, 1.82) is 0 Å². The Balaban J connectivity index is 1.79. The van der Waals surface area contributed by atoms with Crippen LogP contribution in [0, 0.1) is 0 Å². The predicted molar refractivity (Wildman–Crippen MR) is 122 cm³/mol. The molecular weight excluding hydrogens is 462 g/mol. The summed E-state index contributed by atoms with van der Waals surface area (Å²) in [5.74, 6) is -0.701. The predicted octanol–water partition coefficient (Wildman–Crippen LogP) is 1.65. The number of sulfone groups is 1. The van der Waals surface area contributed by atoms with Crippen LogP contribution in [0.15, 0.2) is 59.5 Å². The molecule has 0 atom stereocenters. The van der Waals surface area contributed by atoms with Crippen LogP contribution in [0.3, 0.4) is 0 Å². The van der Waals surface area contributed by atoms with Gasteiger partial charge in [0.2, 0.25) is 17.7 Å². The first-order valence-electron chi connectivity index (χ1n) is 10.7. The van der Waals surface area contributed by atoms with E-state index in [-0.39, 0.29) is 37.4 Å². The van der Waals surface area contributed by atoms with Gasteiger partial charge in [-0.05, 0) is 49.2 Å². The van der Waals surface area contributed by atoms with Gasteiger partial charge in [-0.1, -0.05) is 18.2 Å². The maximum absolute atomic E-state index is 13.7. The van der Waals surface area contributed by atoms with Gasteiger partial charge in [0.25, 0.3) is 0 Å². The first kappa shape index (κ1) is 25.3. The molecule has 182 valence electrons. The van der Waals surface area contributed by atoms with Gasteiger partial charge in [0.15, 0.2) is 9.84 Å². The van der Waals surface area contributed by atoms with E-state index < -0.39 is 38.7 Å². The third kappa shape index (κ3) is 5.99. The van der Waals surface area contributed by atoms with Gasteiger partial charge in [-0.3, -0.25) is 29.8 Å². The molecule has 11 heteroatoms. The van der Waals surface area contributed by atoms with Crippen LogP contribution in [-0.4, -0.2) is 60.6 Å². The molecule has 3 rings (SSSR count). The van der Waals surface area contributed by atoms with Crippen molar-refractivity contribution in [3.05, 3.63) is 54.6 Å². The normalized spacial score (nSPS) is 15.8. The molecule has 0 aliphatic carbocycles. The number of amides is 3. The molecule has 2 aromatic rings. The van der Waals surface area contributed by atoms with Crippen LogP contribution in [0.5, 0.6) is 11.5 Å². The Morgan fingerprint density at radius 3 is 2.12 bits per heavy atom. The SMILES string of the molecule is CC(=O)NC(=O)CN1CCC(CC(=O)NO)(S(=O)(=O)c2ccc(Oc3ccccc3)cc2)CC1. The molecule has 1 saturated heterocycles. The standard InChI is InChI=1S/C23H27N3O7S/c1-17(27)24-22(29)16-26-13-11-23(12-14-26,15-21(28)25-30)34(31,32)20-9-7-19(8-10-20)33-18-5-3-2-4-6-18/h2-10,30H,11-16H2,1H3,(H,25,28)(H,24,27,29). The van der Waals surface area contributed by atoms with Crippen LogP contribution in [0.25, 0.3) is 0 Å². The molecule has 10 nitrogen and oxygen atoms in total. The number of nitrogens with zero attached hydrogens (tertiary/aromatic N) is 1. The molecule has 3 N–H and O–H groups in total. The van der Waals surface area contributed by atoms with Gasteiger partial charge in [-0.15, -0.1) is 0 Å². The van der Waals surface area contributed by atoms with E-state index in [0.29, 0.717) is 11.5 Å². The average molecular weight is 490 g/mol. The van der Waals surface area contributed by atoms with E-state index in [4.69, 9.17) is 9.94 Å². The van der Waals surface area contributed by atoms with Crippen molar-refractivity contribution < 1.29 is 32.7 Å². The lowest BCUT2D eigenvalue weighted by Crippen LogP contribution is -2.53. The highest BCUT2D eigenvalue weighted by Gasteiger charge is 2.48. The van der Waals surface area contributed by atoms with Crippen molar-refractivity contribution in [3.8, 4) is 11.5 Å². The third-order valence-electron chi connectivity index (χ3n) is 5.74. The molecule has 34 heavy (non-hydrogen) atoms. The number of hydroxylamine groups is 1. The third-order valence-corrected chi connectivity index (χ3v) is 8.33. The van der Waals surface area contributed by atoms with Crippen LogP contribution >= 0.6 is 0 Å². The van der Waals surface area contributed by atoms with E-state index in [2.05, 4.69) is 5.32 Å². The monoisotopic (exact) mass is 489 g/mol. The molecule has 2 aromatic carbocycles. The number of carbonyl (C=O) groups is 3.